The van der Waals surface area contributed by atoms with Crippen LogP contribution in [0.5, 0.6) is 0 Å². The van der Waals surface area contributed by atoms with Crippen molar-refractivity contribution in [2.75, 3.05) is 13.7 Å². The van der Waals surface area contributed by atoms with Gasteiger partial charge in [0.2, 0.25) is 0 Å². The third kappa shape index (κ3) is 1.21. The third-order valence-electron chi connectivity index (χ3n) is 1.61. The van der Waals surface area contributed by atoms with Gasteiger partial charge >= 0.3 is 0 Å². The van der Waals surface area contributed by atoms with Crippen molar-refractivity contribution in [2.45, 2.75) is 18.6 Å². The smallest absolute Gasteiger partial charge is 0.122 e. The first kappa shape index (κ1) is 6.53. The molecule has 1 saturated heterocycles. The molecule has 2 unspecified atom stereocenters. The number of hydrogen-bond donors (Lipinski definition) is 1. The van der Waals surface area contributed by atoms with Gasteiger partial charge in [0.25, 0.3) is 0 Å². The van der Waals surface area contributed by atoms with Crippen molar-refractivity contribution >= 4 is 0 Å². The van der Waals surface area contributed by atoms with Crippen LogP contribution in [0.15, 0.2) is 0 Å². The average Bonchev–Trinajstić information content (AvgIpc) is 2.33. The molecular formula is C6H10N2O. The van der Waals surface area contributed by atoms with E-state index in [2.05, 4.69) is 11.4 Å². The summed E-state index contributed by atoms with van der Waals surface area (Å²) in [5.74, 6) is 0. The summed E-state index contributed by atoms with van der Waals surface area (Å²) in [6.07, 6.45) is 1.06. The summed E-state index contributed by atoms with van der Waals surface area (Å²) in [7, 11) is 1.64. The zero-order chi connectivity index (χ0) is 6.69. The lowest BCUT2D eigenvalue weighted by Gasteiger charge is -2.08. The molecule has 3 nitrogen and oxygen atoms in total. The molecule has 50 valence electrons. The highest BCUT2D eigenvalue weighted by atomic mass is 16.5. The van der Waals surface area contributed by atoms with Gasteiger partial charge in [0.1, 0.15) is 6.04 Å². The van der Waals surface area contributed by atoms with Crippen LogP contribution in [0.25, 0.3) is 0 Å². The van der Waals surface area contributed by atoms with Gasteiger partial charge in [0.05, 0.1) is 12.2 Å². The Bertz CT molecular complexity index is 130. The Balaban J connectivity index is 2.44. The minimum Gasteiger partial charge on any atom is -0.379 e. The van der Waals surface area contributed by atoms with E-state index in [1.54, 1.807) is 7.11 Å². The quantitative estimate of drug-likeness (QED) is 0.533. The molecular weight excluding hydrogens is 116 g/mol. The first-order valence-electron chi connectivity index (χ1n) is 3.04. The van der Waals surface area contributed by atoms with Gasteiger partial charge in [-0.15, -0.1) is 0 Å². The number of methoxy groups -OCH3 is 1. The minimum atomic E-state index is -0.0880. The van der Waals surface area contributed by atoms with E-state index in [0.29, 0.717) is 0 Å². The summed E-state index contributed by atoms with van der Waals surface area (Å²) < 4.78 is 5.03. The van der Waals surface area contributed by atoms with Crippen molar-refractivity contribution in [3.63, 3.8) is 0 Å². The normalized spacial score (nSPS) is 34.2. The SMILES string of the molecule is COC1CCNC1C#N. The maximum atomic E-state index is 8.48. The van der Waals surface area contributed by atoms with Gasteiger partial charge in [-0.25, -0.2) is 0 Å². The predicted octanol–water partition coefficient (Wildman–Crippen LogP) is -0.113. The fourth-order valence-electron chi connectivity index (χ4n) is 1.06. The molecule has 1 heterocycles. The highest BCUT2D eigenvalue weighted by molar-refractivity contribution is 5.00. The molecule has 2 atom stereocenters. The predicted molar refractivity (Wildman–Crippen MR) is 32.8 cm³/mol. The van der Waals surface area contributed by atoms with Crippen LogP contribution >= 0.6 is 0 Å². The second kappa shape index (κ2) is 2.81. The Morgan fingerprint density at radius 1 is 1.78 bits per heavy atom. The van der Waals surface area contributed by atoms with E-state index in [1.165, 1.54) is 0 Å². The number of hydrogen-bond acceptors (Lipinski definition) is 3. The van der Waals surface area contributed by atoms with Gasteiger partial charge in [0, 0.05) is 7.11 Å². The van der Waals surface area contributed by atoms with Gasteiger partial charge < -0.3 is 4.74 Å². The monoisotopic (exact) mass is 126 g/mol. The largest absolute Gasteiger partial charge is 0.379 e. The van der Waals surface area contributed by atoms with Crippen LogP contribution in [-0.4, -0.2) is 25.8 Å². The summed E-state index contributed by atoms with van der Waals surface area (Å²) in [4.78, 5) is 0. The summed E-state index contributed by atoms with van der Waals surface area (Å²) in [5, 5.41) is 11.5. The summed E-state index contributed by atoms with van der Waals surface area (Å²) in [6.45, 7) is 0.900. The molecule has 0 aliphatic carbocycles. The van der Waals surface area contributed by atoms with Gasteiger partial charge in [-0.2, -0.15) is 5.26 Å². The maximum Gasteiger partial charge on any atom is 0.122 e. The average molecular weight is 126 g/mol. The Labute approximate surface area is 54.6 Å². The fourth-order valence-corrected chi connectivity index (χ4v) is 1.06. The molecule has 3 heteroatoms. The van der Waals surface area contributed by atoms with Crippen molar-refractivity contribution in [2.24, 2.45) is 0 Å². The molecule has 9 heavy (non-hydrogen) atoms. The van der Waals surface area contributed by atoms with Crippen molar-refractivity contribution in [3.05, 3.63) is 0 Å². The summed E-state index contributed by atoms with van der Waals surface area (Å²) in [6, 6.07) is 2.04. The van der Waals surface area contributed by atoms with E-state index in [1.807, 2.05) is 0 Å². The zero-order valence-electron chi connectivity index (χ0n) is 5.42. The van der Waals surface area contributed by atoms with Crippen LogP contribution in [0.2, 0.25) is 0 Å². The first-order chi connectivity index (χ1) is 4.38. The molecule has 0 amide bonds. The molecule has 1 aliphatic heterocycles. The molecule has 0 radical (unpaired) electrons. The molecule has 1 fully saturated rings. The lowest BCUT2D eigenvalue weighted by Crippen LogP contribution is -2.29. The van der Waals surface area contributed by atoms with Crippen LogP contribution < -0.4 is 5.32 Å². The topological polar surface area (TPSA) is 45.0 Å². The molecule has 1 rings (SSSR count). The Morgan fingerprint density at radius 2 is 2.56 bits per heavy atom. The second-order valence-electron chi connectivity index (χ2n) is 2.12. The standard InChI is InChI=1S/C6H10N2O/c1-9-6-2-3-8-5(6)4-7/h5-6,8H,2-3H2,1H3. The van der Waals surface area contributed by atoms with E-state index >= 15 is 0 Å². The lowest BCUT2D eigenvalue weighted by atomic mass is 10.2. The fraction of sp³-hybridized carbons (Fsp3) is 0.833. The van der Waals surface area contributed by atoms with E-state index in [0.717, 1.165) is 13.0 Å². The minimum absolute atomic E-state index is 0.0880. The van der Waals surface area contributed by atoms with Crippen molar-refractivity contribution in [3.8, 4) is 6.07 Å². The highest BCUT2D eigenvalue weighted by Crippen LogP contribution is 2.08. The van der Waals surface area contributed by atoms with Gasteiger partial charge in [-0.1, -0.05) is 0 Å². The van der Waals surface area contributed by atoms with Crippen LogP contribution in [0.3, 0.4) is 0 Å². The highest BCUT2D eigenvalue weighted by Gasteiger charge is 2.25. The molecule has 0 bridgehead atoms. The number of rotatable bonds is 1. The summed E-state index contributed by atoms with van der Waals surface area (Å²) >= 11 is 0. The second-order valence-corrected chi connectivity index (χ2v) is 2.12. The van der Waals surface area contributed by atoms with Crippen molar-refractivity contribution < 1.29 is 4.74 Å². The van der Waals surface area contributed by atoms with E-state index < -0.39 is 0 Å². The van der Waals surface area contributed by atoms with Gasteiger partial charge in [-0.05, 0) is 13.0 Å². The number of nitriles is 1. The van der Waals surface area contributed by atoms with Gasteiger partial charge in [0.15, 0.2) is 0 Å². The molecule has 0 aromatic heterocycles. The van der Waals surface area contributed by atoms with Crippen molar-refractivity contribution in [1.29, 1.82) is 5.26 Å². The Morgan fingerprint density at radius 3 is 3.00 bits per heavy atom. The van der Waals surface area contributed by atoms with Crippen LogP contribution in [-0.2, 0) is 4.74 Å². The van der Waals surface area contributed by atoms with E-state index in [4.69, 9.17) is 10.00 Å². The first-order valence-corrected chi connectivity index (χ1v) is 3.04. The molecule has 1 N–H and O–H groups in total. The number of nitrogens with one attached hydrogen (secondary N) is 1. The zero-order valence-corrected chi connectivity index (χ0v) is 5.42. The molecule has 0 saturated carbocycles. The molecule has 0 aromatic carbocycles. The summed E-state index contributed by atoms with van der Waals surface area (Å²) in [5.41, 5.74) is 0. The van der Waals surface area contributed by atoms with E-state index in [-0.39, 0.29) is 12.1 Å². The third-order valence-corrected chi connectivity index (χ3v) is 1.61. The molecule has 0 aromatic rings. The van der Waals surface area contributed by atoms with Crippen molar-refractivity contribution in [1.82, 2.24) is 5.32 Å². The van der Waals surface area contributed by atoms with Crippen LogP contribution in [0.4, 0.5) is 0 Å². The lowest BCUT2D eigenvalue weighted by molar-refractivity contribution is 0.105. The van der Waals surface area contributed by atoms with Crippen LogP contribution in [0, 0.1) is 11.3 Å². The Kier molecular flexibility index (Phi) is 2.04. The number of ether oxygens (including phenoxy) is 1. The van der Waals surface area contributed by atoms with E-state index in [9.17, 15) is 0 Å². The van der Waals surface area contributed by atoms with Gasteiger partial charge in [-0.3, -0.25) is 5.32 Å². The molecule has 1 aliphatic rings. The number of nitrogens with zero attached hydrogens (tertiary/aromatic N) is 1. The van der Waals surface area contributed by atoms with Crippen LogP contribution in [0.1, 0.15) is 6.42 Å². The molecule has 0 spiro atoms. The maximum absolute atomic E-state index is 8.48. The Hall–Kier alpha value is -0.590.